The molecular weight excluding hydrogens is 290 g/mol. The zero-order valence-electron chi connectivity index (χ0n) is 14.3. The van der Waals surface area contributed by atoms with Gasteiger partial charge in [-0.25, -0.2) is 9.97 Å². The van der Waals surface area contributed by atoms with Gasteiger partial charge < -0.3 is 9.64 Å². The molecule has 1 amide bonds. The lowest BCUT2D eigenvalue weighted by atomic mass is 9.83. The molecule has 126 valence electrons. The summed E-state index contributed by atoms with van der Waals surface area (Å²) in [6.07, 6.45) is 8.93. The van der Waals surface area contributed by atoms with Crippen molar-refractivity contribution < 1.29 is 9.53 Å². The van der Waals surface area contributed by atoms with E-state index in [1.807, 2.05) is 18.7 Å². The highest BCUT2D eigenvalue weighted by atomic mass is 16.5. The summed E-state index contributed by atoms with van der Waals surface area (Å²) >= 11 is 0. The molecule has 0 aromatic carbocycles. The summed E-state index contributed by atoms with van der Waals surface area (Å²) in [4.78, 5) is 23.8. The Morgan fingerprint density at radius 3 is 2.43 bits per heavy atom. The lowest BCUT2D eigenvalue weighted by Gasteiger charge is -2.45. The largest absolute Gasteiger partial charge is 0.371 e. The van der Waals surface area contributed by atoms with Gasteiger partial charge in [-0.1, -0.05) is 33.1 Å². The average molecular weight is 317 g/mol. The van der Waals surface area contributed by atoms with Crippen molar-refractivity contribution >= 4 is 5.91 Å². The van der Waals surface area contributed by atoms with Crippen LogP contribution in [0.3, 0.4) is 0 Å². The molecule has 2 fully saturated rings. The quantitative estimate of drug-likeness (QED) is 0.860. The molecule has 1 aromatic heterocycles. The molecule has 1 aliphatic heterocycles. The third-order valence-electron chi connectivity index (χ3n) is 5.19. The van der Waals surface area contributed by atoms with E-state index in [1.54, 1.807) is 6.33 Å². The molecule has 1 saturated heterocycles. The summed E-state index contributed by atoms with van der Waals surface area (Å²) in [5, 5.41) is 0. The highest BCUT2D eigenvalue weighted by molar-refractivity contribution is 5.96. The van der Waals surface area contributed by atoms with Crippen molar-refractivity contribution in [2.45, 2.75) is 64.4 Å². The van der Waals surface area contributed by atoms with Crippen LogP contribution in [0.1, 0.15) is 67.7 Å². The van der Waals surface area contributed by atoms with Crippen molar-refractivity contribution in [3.05, 3.63) is 23.3 Å². The van der Waals surface area contributed by atoms with Gasteiger partial charge in [-0.2, -0.15) is 0 Å². The third kappa shape index (κ3) is 3.25. The Morgan fingerprint density at radius 2 is 1.83 bits per heavy atom. The van der Waals surface area contributed by atoms with Crippen LogP contribution in [-0.2, 0) is 17.6 Å². The molecule has 5 nitrogen and oxygen atoms in total. The van der Waals surface area contributed by atoms with Crippen molar-refractivity contribution in [2.75, 3.05) is 19.7 Å². The zero-order valence-corrected chi connectivity index (χ0v) is 14.3. The molecule has 0 atom stereocenters. The predicted octanol–water partition coefficient (Wildman–Crippen LogP) is 2.78. The molecule has 2 heterocycles. The molecule has 1 saturated carbocycles. The Labute approximate surface area is 138 Å². The number of morpholine rings is 1. The van der Waals surface area contributed by atoms with Gasteiger partial charge in [-0.3, -0.25) is 4.79 Å². The van der Waals surface area contributed by atoms with Gasteiger partial charge >= 0.3 is 0 Å². The first-order valence-electron chi connectivity index (χ1n) is 8.95. The Bertz CT molecular complexity index is 540. The van der Waals surface area contributed by atoms with Crippen molar-refractivity contribution in [3.8, 4) is 0 Å². The highest BCUT2D eigenvalue weighted by Gasteiger charge is 2.40. The van der Waals surface area contributed by atoms with E-state index >= 15 is 0 Å². The number of carbonyl (C=O) groups excluding carboxylic acids is 1. The molecule has 0 radical (unpaired) electrons. The van der Waals surface area contributed by atoms with E-state index in [4.69, 9.17) is 4.74 Å². The fraction of sp³-hybridized carbons (Fsp3) is 0.722. The van der Waals surface area contributed by atoms with E-state index in [0.717, 1.165) is 42.6 Å². The molecule has 1 aromatic rings. The van der Waals surface area contributed by atoms with Crippen LogP contribution >= 0.6 is 0 Å². The minimum atomic E-state index is -0.111. The molecule has 1 aliphatic carbocycles. The Hall–Kier alpha value is -1.49. The van der Waals surface area contributed by atoms with E-state index < -0.39 is 0 Å². The summed E-state index contributed by atoms with van der Waals surface area (Å²) in [6.45, 7) is 6.11. The number of hydrogen-bond acceptors (Lipinski definition) is 4. The van der Waals surface area contributed by atoms with Gasteiger partial charge in [0.2, 0.25) is 0 Å². The number of aryl methyl sites for hydroxylation is 2. The van der Waals surface area contributed by atoms with Crippen molar-refractivity contribution in [1.29, 1.82) is 0 Å². The standard InChI is InChI=1S/C18H27N3O2/c1-3-14-16(15(4-2)20-13-19-14)17(22)21-10-11-23-18(12-21)8-6-5-7-9-18/h13H,3-12H2,1-2H3. The number of hydrogen-bond donors (Lipinski definition) is 0. The van der Waals surface area contributed by atoms with E-state index in [-0.39, 0.29) is 11.5 Å². The van der Waals surface area contributed by atoms with E-state index in [1.165, 1.54) is 19.3 Å². The Morgan fingerprint density at radius 1 is 1.17 bits per heavy atom. The van der Waals surface area contributed by atoms with Gasteiger partial charge in [0.1, 0.15) is 6.33 Å². The topological polar surface area (TPSA) is 55.3 Å². The summed E-state index contributed by atoms with van der Waals surface area (Å²) in [7, 11) is 0. The second-order valence-corrected chi connectivity index (χ2v) is 6.67. The van der Waals surface area contributed by atoms with Crippen LogP contribution in [0.25, 0.3) is 0 Å². The second-order valence-electron chi connectivity index (χ2n) is 6.67. The van der Waals surface area contributed by atoms with Gasteiger partial charge in [0.25, 0.3) is 5.91 Å². The predicted molar refractivity (Wildman–Crippen MR) is 88.5 cm³/mol. The molecule has 0 unspecified atom stereocenters. The van der Waals surface area contributed by atoms with Gasteiger partial charge in [-0.15, -0.1) is 0 Å². The monoisotopic (exact) mass is 317 g/mol. The molecule has 0 N–H and O–H groups in total. The summed E-state index contributed by atoms with van der Waals surface area (Å²) in [5.41, 5.74) is 2.35. The number of amides is 1. The van der Waals surface area contributed by atoms with Gasteiger partial charge in [0.15, 0.2) is 0 Å². The summed E-state index contributed by atoms with van der Waals surface area (Å²) in [6, 6.07) is 0. The van der Waals surface area contributed by atoms with Gasteiger partial charge in [-0.05, 0) is 25.7 Å². The first kappa shape index (κ1) is 16.4. The lowest BCUT2D eigenvalue weighted by molar-refractivity contribution is -0.117. The first-order valence-corrected chi connectivity index (χ1v) is 8.95. The molecule has 0 bridgehead atoms. The molecule has 3 rings (SSSR count). The number of rotatable bonds is 3. The van der Waals surface area contributed by atoms with Crippen LogP contribution in [0.15, 0.2) is 6.33 Å². The third-order valence-corrected chi connectivity index (χ3v) is 5.19. The summed E-state index contributed by atoms with van der Waals surface area (Å²) in [5.74, 6) is 0.0903. The molecule has 5 heteroatoms. The number of nitrogens with zero attached hydrogens (tertiary/aromatic N) is 3. The minimum absolute atomic E-state index is 0.0903. The number of aromatic nitrogens is 2. The number of carbonyl (C=O) groups is 1. The zero-order chi connectivity index (χ0) is 16.3. The van der Waals surface area contributed by atoms with Crippen LogP contribution in [0.5, 0.6) is 0 Å². The van der Waals surface area contributed by atoms with Crippen molar-refractivity contribution in [3.63, 3.8) is 0 Å². The van der Waals surface area contributed by atoms with Crippen LogP contribution < -0.4 is 0 Å². The number of ether oxygens (including phenoxy) is 1. The fourth-order valence-corrected chi connectivity index (χ4v) is 3.92. The SMILES string of the molecule is CCc1ncnc(CC)c1C(=O)N1CCOC2(CCCCC2)C1. The first-order chi connectivity index (χ1) is 11.2. The van der Waals surface area contributed by atoms with E-state index in [0.29, 0.717) is 19.7 Å². The van der Waals surface area contributed by atoms with Crippen LogP contribution in [0.2, 0.25) is 0 Å². The van der Waals surface area contributed by atoms with Gasteiger partial charge in [0.05, 0.1) is 35.7 Å². The van der Waals surface area contributed by atoms with Crippen molar-refractivity contribution in [1.82, 2.24) is 14.9 Å². The smallest absolute Gasteiger partial charge is 0.257 e. The fourth-order valence-electron chi connectivity index (χ4n) is 3.92. The lowest BCUT2D eigenvalue weighted by Crippen LogP contribution is -2.54. The highest BCUT2D eigenvalue weighted by Crippen LogP contribution is 2.35. The molecule has 1 spiro atoms. The second kappa shape index (κ2) is 6.95. The Balaban J connectivity index is 1.85. The molecule has 2 aliphatic rings. The maximum absolute atomic E-state index is 13.2. The minimum Gasteiger partial charge on any atom is -0.371 e. The maximum Gasteiger partial charge on any atom is 0.257 e. The van der Waals surface area contributed by atoms with Crippen molar-refractivity contribution in [2.24, 2.45) is 0 Å². The maximum atomic E-state index is 13.2. The van der Waals surface area contributed by atoms with E-state index in [2.05, 4.69) is 9.97 Å². The van der Waals surface area contributed by atoms with Gasteiger partial charge in [0, 0.05) is 6.54 Å². The average Bonchev–Trinajstić information content (AvgIpc) is 2.61. The molecule has 23 heavy (non-hydrogen) atoms. The normalized spacial score (nSPS) is 20.7. The Kier molecular flexibility index (Phi) is 4.95. The van der Waals surface area contributed by atoms with Crippen LogP contribution in [0, 0.1) is 0 Å². The van der Waals surface area contributed by atoms with E-state index in [9.17, 15) is 4.79 Å². The molecular formula is C18H27N3O2. The van der Waals surface area contributed by atoms with Crippen LogP contribution in [-0.4, -0.2) is 46.1 Å². The van der Waals surface area contributed by atoms with Crippen LogP contribution in [0.4, 0.5) is 0 Å². The summed E-state index contributed by atoms with van der Waals surface area (Å²) < 4.78 is 6.11.